The Morgan fingerprint density at radius 2 is 1.90 bits per heavy atom. The first kappa shape index (κ1) is 10.0. The van der Waals surface area contributed by atoms with Crippen molar-refractivity contribution < 1.29 is 5.11 Å². The molecule has 0 aliphatic rings. The van der Waals surface area contributed by atoms with Gasteiger partial charge in [0.05, 0.1) is 0 Å². The van der Waals surface area contributed by atoms with Crippen LogP contribution in [0.3, 0.4) is 0 Å². The van der Waals surface area contributed by atoms with Crippen LogP contribution in [-0.2, 0) is 0 Å². The van der Waals surface area contributed by atoms with Crippen molar-refractivity contribution in [2.75, 3.05) is 0 Å². The van der Waals surface area contributed by atoms with E-state index in [1.54, 1.807) is 0 Å². The Kier molecular flexibility index (Phi) is 4.79. The highest BCUT2D eigenvalue weighted by Gasteiger charge is 2.11. The Bertz CT molecular complexity index is 83.3. The third kappa shape index (κ3) is 3.94. The predicted octanol–water partition coefficient (Wildman–Crippen LogP) is 1.23. The van der Waals surface area contributed by atoms with Crippen LogP contribution in [0.1, 0.15) is 33.6 Å². The zero-order valence-electron chi connectivity index (χ0n) is 7.59. The molecule has 0 saturated heterocycles. The summed E-state index contributed by atoms with van der Waals surface area (Å²) in [6.07, 6.45) is 2.02. The molecule has 0 radical (unpaired) electrons. The van der Waals surface area contributed by atoms with Crippen molar-refractivity contribution in [3.05, 3.63) is 0 Å². The standard InChI is InChI=1S/C8H19BO/c1-4-6(2)5-8(10)7(3)9/h6-8,10H,4-5,9H2,1-3H3/t6-,7?,8?/m0/s1. The Labute approximate surface area is 65.2 Å². The van der Waals surface area contributed by atoms with E-state index < -0.39 is 0 Å². The molecule has 0 spiro atoms. The van der Waals surface area contributed by atoms with E-state index in [4.69, 9.17) is 0 Å². The molecule has 0 aromatic carbocycles. The van der Waals surface area contributed by atoms with Gasteiger partial charge in [-0.1, -0.05) is 27.2 Å². The number of aliphatic hydroxyl groups excluding tert-OH is 1. The average Bonchev–Trinajstić information content (AvgIpc) is 1.87. The van der Waals surface area contributed by atoms with Gasteiger partial charge in [0.15, 0.2) is 0 Å². The van der Waals surface area contributed by atoms with Crippen LogP contribution in [0.2, 0.25) is 5.82 Å². The smallest absolute Gasteiger partial charge is 0.108 e. The number of aliphatic hydroxyl groups is 1. The molecule has 0 heterocycles. The first-order valence-electron chi connectivity index (χ1n) is 4.26. The van der Waals surface area contributed by atoms with Gasteiger partial charge in [0.2, 0.25) is 0 Å². The lowest BCUT2D eigenvalue weighted by Gasteiger charge is -2.17. The fourth-order valence-electron chi connectivity index (χ4n) is 0.851. The van der Waals surface area contributed by atoms with E-state index in [1.165, 1.54) is 6.42 Å². The SMILES string of the molecule is BC(C)C(O)C[C@@H](C)CC. The van der Waals surface area contributed by atoms with Crippen LogP contribution in [0.15, 0.2) is 0 Å². The van der Waals surface area contributed by atoms with Crippen LogP contribution >= 0.6 is 0 Å². The van der Waals surface area contributed by atoms with Crippen LogP contribution in [-0.4, -0.2) is 19.1 Å². The van der Waals surface area contributed by atoms with Crippen molar-refractivity contribution in [2.45, 2.75) is 45.5 Å². The van der Waals surface area contributed by atoms with E-state index in [1.807, 2.05) is 0 Å². The molecule has 1 nitrogen and oxygen atoms in total. The summed E-state index contributed by atoms with van der Waals surface area (Å²) in [5.41, 5.74) is 0. The fraction of sp³-hybridized carbons (Fsp3) is 1.00. The molecule has 1 N–H and O–H groups in total. The highest BCUT2D eigenvalue weighted by Crippen LogP contribution is 2.16. The second-order valence-electron chi connectivity index (χ2n) is 3.56. The molecular weight excluding hydrogens is 123 g/mol. The van der Waals surface area contributed by atoms with Gasteiger partial charge in [0.25, 0.3) is 0 Å². The van der Waals surface area contributed by atoms with Crippen LogP contribution in [0.5, 0.6) is 0 Å². The maximum absolute atomic E-state index is 9.43. The third-order valence-electron chi connectivity index (χ3n) is 2.11. The van der Waals surface area contributed by atoms with Crippen molar-refractivity contribution >= 4 is 7.85 Å². The van der Waals surface area contributed by atoms with Gasteiger partial charge in [-0.2, -0.15) is 0 Å². The Morgan fingerprint density at radius 3 is 2.20 bits per heavy atom. The van der Waals surface area contributed by atoms with Crippen molar-refractivity contribution in [2.24, 2.45) is 5.92 Å². The van der Waals surface area contributed by atoms with Gasteiger partial charge in [0.1, 0.15) is 7.85 Å². The maximum Gasteiger partial charge on any atom is 0.108 e. The van der Waals surface area contributed by atoms with Crippen LogP contribution < -0.4 is 0 Å². The van der Waals surface area contributed by atoms with Crippen LogP contribution in [0.4, 0.5) is 0 Å². The monoisotopic (exact) mass is 142 g/mol. The summed E-state index contributed by atoms with van der Waals surface area (Å²) < 4.78 is 0. The van der Waals surface area contributed by atoms with Gasteiger partial charge in [-0.25, -0.2) is 0 Å². The Hall–Kier alpha value is 0.0249. The first-order chi connectivity index (χ1) is 4.57. The molecule has 2 unspecified atom stereocenters. The van der Waals surface area contributed by atoms with Crippen LogP contribution in [0.25, 0.3) is 0 Å². The van der Waals surface area contributed by atoms with Crippen molar-refractivity contribution in [3.8, 4) is 0 Å². The average molecular weight is 142 g/mol. The topological polar surface area (TPSA) is 20.2 Å². The van der Waals surface area contributed by atoms with Gasteiger partial charge in [0, 0.05) is 6.10 Å². The van der Waals surface area contributed by atoms with E-state index in [2.05, 4.69) is 28.6 Å². The Balaban J connectivity index is 3.46. The van der Waals surface area contributed by atoms with E-state index in [0.29, 0.717) is 11.7 Å². The molecule has 0 aliphatic heterocycles. The summed E-state index contributed by atoms with van der Waals surface area (Å²) in [5, 5.41) is 9.43. The van der Waals surface area contributed by atoms with Gasteiger partial charge in [-0.15, -0.1) is 0 Å². The largest absolute Gasteiger partial charge is 0.394 e. The molecule has 0 aromatic rings. The van der Waals surface area contributed by atoms with Gasteiger partial charge in [-0.3, -0.25) is 0 Å². The zero-order chi connectivity index (χ0) is 8.15. The second kappa shape index (κ2) is 4.78. The summed E-state index contributed by atoms with van der Waals surface area (Å²) in [6.45, 7) is 6.41. The third-order valence-corrected chi connectivity index (χ3v) is 2.11. The second-order valence-corrected chi connectivity index (χ2v) is 3.56. The van der Waals surface area contributed by atoms with E-state index >= 15 is 0 Å². The van der Waals surface area contributed by atoms with Crippen molar-refractivity contribution in [3.63, 3.8) is 0 Å². The molecule has 60 valence electrons. The minimum absolute atomic E-state index is 0.102. The van der Waals surface area contributed by atoms with Gasteiger partial charge < -0.3 is 5.11 Å². The van der Waals surface area contributed by atoms with Gasteiger partial charge in [-0.05, 0) is 18.2 Å². The van der Waals surface area contributed by atoms with Crippen molar-refractivity contribution in [1.29, 1.82) is 0 Å². The Morgan fingerprint density at radius 1 is 1.40 bits per heavy atom. The molecule has 0 aliphatic carbocycles. The minimum atomic E-state index is -0.102. The molecule has 0 aromatic heterocycles. The van der Waals surface area contributed by atoms with Crippen LogP contribution in [0, 0.1) is 5.92 Å². The minimum Gasteiger partial charge on any atom is -0.394 e. The molecule has 0 fully saturated rings. The lowest BCUT2D eigenvalue weighted by atomic mass is 9.80. The number of hydrogen-bond donors (Lipinski definition) is 1. The van der Waals surface area contributed by atoms with E-state index in [-0.39, 0.29) is 6.10 Å². The molecule has 3 atom stereocenters. The maximum atomic E-state index is 9.43. The molecular formula is C8H19BO. The van der Waals surface area contributed by atoms with E-state index in [9.17, 15) is 5.11 Å². The number of hydrogen-bond acceptors (Lipinski definition) is 1. The molecule has 2 heteroatoms. The highest BCUT2D eigenvalue weighted by molar-refractivity contribution is 6.11. The molecule has 10 heavy (non-hydrogen) atoms. The summed E-state index contributed by atoms with van der Waals surface area (Å²) in [7, 11) is 2.06. The molecule has 0 amide bonds. The number of rotatable bonds is 4. The van der Waals surface area contributed by atoms with E-state index in [0.717, 1.165) is 6.42 Å². The lowest BCUT2D eigenvalue weighted by molar-refractivity contribution is 0.141. The summed E-state index contributed by atoms with van der Waals surface area (Å²) in [6, 6.07) is 0. The van der Waals surface area contributed by atoms with Crippen molar-refractivity contribution in [1.82, 2.24) is 0 Å². The molecule has 0 saturated carbocycles. The fourth-order valence-corrected chi connectivity index (χ4v) is 0.851. The first-order valence-corrected chi connectivity index (χ1v) is 4.26. The quantitative estimate of drug-likeness (QED) is 0.585. The highest BCUT2D eigenvalue weighted by atomic mass is 16.3. The molecule has 0 rings (SSSR count). The molecule has 0 bridgehead atoms. The van der Waals surface area contributed by atoms with Gasteiger partial charge >= 0.3 is 0 Å². The summed E-state index contributed by atoms with van der Waals surface area (Å²) >= 11 is 0. The summed E-state index contributed by atoms with van der Waals surface area (Å²) in [4.78, 5) is 0. The predicted molar refractivity (Wildman–Crippen MR) is 48.0 cm³/mol. The summed E-state index contributed by atoms with van der Waals surface area (Å²) in [5.74, 6) is 1.08. The normalized spacial score (nSPS) is 20.0. The zero-order valence-corrected chi connectivity index (χ0v) is 7.59. The lowest BCUT2D eigenvalue weighted by Crippen LogP contribution is -2.15.